The number of ether oxygens (including phenoxy) is 1. The second-order valence-corrected chi connectivity index (χ2v) is 9.70. The fourth-order valence-corrected chi connectivity index (χ4v) is 3.76. The summed E-state index contributed by atoms with van der Waals surface area (Å²) in [4.78, 5) is 18.6. The number of imidazole rings is 1. The molecule has 0 radical (unpaired) electrons. The first-order chi connectivity index (χ1) is 15.6. The molecule has 0 bridgehead atoms. The van der Waals surface area contributed by atoms with Gasteiger partial charge in [-0.1, -0.05) is 32.9 Å². The zero-order valence-corrected chi connectivity index (χ0v) is 20.5. The van der Waals surface area contributed by atoms with Crippen LogP contribution >= 0.6 is 0 Å². The minimum atomic E-state index is 0.134. The first-order valence-electron chi connectivity index (χ1n) is 11.2. The Hall–Kier alpha value is -3.48. The number of hydrogen-bond donors (Lipinski definition) is 1. The molecule has 4 rings (SSSR count). The highest BCUT2D eigenvalue weighted by atomic mass is 16.5. The van der Waals surface area contributed by atoms with Crippen LogP contribution in [-0.4, -0.2) is 38.2 Å². The van der Waals surface area contributed by atoms with Gasteiger partial charge in [0.05, 0.1) is 19.0 Å². The van der Waals surface area contributed by atoms with E-state index in [-0.39, 0.29) is 5.41 Å². The lowest BCUT2D eigenvalue weighted by molar-refractivity contribution is 0.410. The van der Waals surface area contributed by atoms with Crippen molar-refractivity contribution in [3.05, 3.63) is 59.6 Å². The lowest BCUT2D eigenvalue weighted by Crippen LogP contribution is -2.20. The van der Waals surface area contributed by atoms with E-state index in [9.17, 15) is 0 Å². The van der Waals surface area contributed by atoms with Crippen molar-refractivity contribution < 1.29 is 4.74 Å². The highest BCUT2D eigenvalue weighted by Gasteiger charge is 2.15. The first-order valence-corrected chi connectivity index (χ1v) is 11.2. The van der Waals surface area contributed by atoms with Crippen LogP contribution in [0.3, 0.4) is 0 Å². The van der Waals surface area contributed by atoms with Crippen LogP contribution in [0, 0.1) is 19.3 Å². The normalized spacial score (nSPS) is 11.7. The number of aryl methyl sites for hydroxylation is 2. The van der Waals surface area contributed by atoms with Crippen LogP contribution in [0.1, 0.15) is 43.7 Å². The Bertz CT molecular complexity index is 1300. The molecular formula is C26H32N6O. The molecule has 1 N–H and O–H groups in total. The van der Waals surface area contributed by atoms with Crippen molar-refractivity contribution in [1.82, 2.24) is 24.5 Å². The maximum atomic E-state index is 5.72. The Labute approximate surface area is 195 Å². The third-order valence-electron chi connectivity index (χ3n) is 5.68. The Morgan fingerprint density at radius 1 is 1.03 bits per heavy atom. The second kappa shape index (κ2) is 8.81. The molecule has 7 heteroatoms. The molecule has 0 saturated heterocycles. The third kappa shape index (κ3) is 4.97. The Morgan fingerprint density at radius 3 is 2.48 bits per heavy atom. The summed E-state index contributed by atoms with van der Waals surface area (Å²) in [5, 5.41) is 4.46. The van der Waals surface area contributed by atoms with Crippen molar-refractivity contribution in [2.24, 2.45) is 12.5 Å². The van der Waals surface area contributed by atoms with Gasteiger partial charge in [0.25, 0.3) is 0 Å². The average Bonchev–Trinajstić information content (AvgIpc) is 3.10. The highest BCUT2D eigenvalue weighted by Crippen LogP contribution is 2.29. The number of anilines is 1. The van der Waals surface area contributed by atoms with E-state index in [0.717, 1.165) is 63.2 Å². The summed E-state index contributed by atoms with van der Waals surface area (Å²) >= 11 is 0. The molecular weight excluding hydrogens is 412 g/mol. The van der Waals surface area contributed by atoms with E-state index in [1.165, 1.54) is 0 Å². The predicted molar refractivity (Wildman–Crippen MR) is 133 cm³/mol. The average molecular weight is 445 g/mol. The molecule has 0 spiro atoms. The van der Waals surface area contributed by atoms with Gasteiger partial charge in [0.1, 0.15) is 22.9 Å². The molecule has 0 unspecified atom stereocenters. The van der Waals surface area contributed by atoms with Crippen LogP contribution in [0.2, 0.25) is 0 Å². The number of nitrogens with one attached hydrogen (secondary N) is 1. The Kier molecular flexibility index (Phi) is 6.06. The standard InChI is InChI=1S/C26H32N6O/c1-16-10-20-13-28-23(31-24(20)25(30-16)29-15-26(3,4)5)12-19-9-8-18(11-22(19)33-7)21-14-27-17(2)32(21)6/h8-11,13-14H,12,15H2,1-7H3,(H,29,30). The Morgan fingerprint density at radius 2 is 1.82 bits per heavy atom. The number of pyridine rings is 1. The molecule has 0 aliphatic carbocycles. The van der Waals surface area contributed by atoms with Crippen molar-refractivity contribution in [2.75, 3.05) is 19.0 Å². The van der Waals surface area contributed by atoms with Crippen LogP contribution in [0.15, 0.2) is 36.7 Å². The molecule has 3 aromatic heterocycles. The van der Waals surface area contributed by atoms with Crippen LogP contribution in [0.4, 0.5) is 5.82 Å². The van der Waals surface area contributed by atoms with E-state index < -0.39 is 0 Å². The van der Waals surface area contributed by atoms with Crippen molar-refractivity contribution >= 4 is 16.7 Å². The number of nitrogens with zero attached hydrogens (tertiary/aromatic N) is 5. The second-order valence-electron chi connectivity index (χ2n) is 9.70. The van der Waals surface area contributed by atoms with Gasteiger partial charge in [-0.25, -0.2) is 19.9 Å². The summed E-state index contributed by atoms with van der Waals surface area (Å²) in [5.74, 6) is 3.31. The van der Waals surface area contributed by atoms with Gasteiger partial charge in [0, 0.05) is 48.4 Å². The number of aromatic nitrogens is 5. The van der Waals surface area contributed by atoms with Gasteiger partial charge in [-0.2, -0.15) is 0 Å². The minimum Gasteiger partial charge on any atom is -0.496 e. The molecule has 0 aliphatic heterocycles. The fraction of sp³-hybridized carbons (Fsp3) is 0.385. The lowest BCUT2D eigenvalue weighted by atomic mass is 9.97. The Balaban J connectivity index is 1.67. The summed E-state index contributed by atoms with van der Waals surface area (Å²) in [5.41, 5.74) is 5.06. The van der Waals surface area contributed by atoms with Crippen molar-refractivity contribution in [3.8, 4) is 17.0 Å². The minimum absolute atomic E-state index is 0.134. The number of hydrogen-bond acceptors (Lipinski definition) is 6. The number of benzene rings is 1. The molecule has 0 fully saturated rings. The molecule has 0 atom stereocenters. The van der Waals surface area contributed by atoms with E-state index in [1.54, 1.807) is 7.11 Å². The number of methoxy groups -OCH3 is 1. The molecule has 0 amide bonds. The monoisotopic (exact) mass is 444 g/mol. The first kappa shape index (κ1) is 22.7. The molecule has 0 saturated carbocycles. The van der Waals surface area contributed by atoms with E-state index in [2.05, 4.69) is 52.8 Å². The van der Waals surface area contributed by atoms with Crippen LogP contribution in [0.5, 0.6) is 5.75 Å². The quantitative estimate of drug-likeness (QED) is 0.446. The largest absolute Gasteiger partial charge is 0.496 e. The zero-order chi connectivity index (χ0) is 23.8. The molecule has 7 nitrogen and oxygen atoms in total. The molecule has 1 aromatic carbocycles. The summed E-state index contributed by atoms with van der Waals surface area (Å²) in [6.45, 7) is 11.4. The van der Waals surface area contributed by atoms with E-state index >= 15 is 0 Å². The van der Waals surface area contributed by atoms with Crippen molar-refractivity contribution in [3.63, 3.8) is 0 Å². The number of rotatable bonds is 6. The van der Waals surface area contributed by atoms with Gasteiger partial charge >= 0.3 is 0 Å². The van der Waals surface area contributed by atoms with Crippen molar-refractivity contribution in [1.29, 1.82) is 0 Å². The van der Waals surface area contributed by atoms with Gasteiger partial charge in [-0.15, -0.1) is 0 Å². The predicted octanol–water partition coefficient (Wildman–Crippen LogP) is 5.10. The molecule has 172 valence electrons. The van der Waals surface area contributed by atoms with E-state index in [0.29, 0.717) is 6.42 Å². The van der Waals surface area contributed by atoms with Gasteiger partial charge in [0.15, 0.2) is 5.82 Å². The van der Waals surface area contributed by atoms with Crippen LogP contribution < -0.4 is 10.1 Å². The highest BCUT2D eigenvalue weighted by molar-refractivity contribution is 5.88. The topological polar surface area (TPSA) is 77.8 Å². The van der Waals surface area contributed by atoms with Gasteiger partial charge in [-0.3, -0.25) is 0 Å². The summed E-state index contributed by atoms with van der Waals surface area (Å²) < 4.78 is 7.79. The zero-order valence-electron chi connectivity index (χ0n) is 20.5. The maximum Gasteiger partial charge on any atom is 0.152 e. The van der Waals surface area contributed by atoms with E-state index in [4.69, 9.17) is 14.7 Å². The SMILES string of the molecule is COc1cc(-c2cnc(C)n2C)ccc1Cc1ncc2cc(C)nc(NCC(C)(C)C)c2n1. The smallest absolute Gasteiger partial charge is 0.152 e. The van der Waals surface area contributed by atoms with Gasteiger partial charge < -0.3 is 14.6 Å². The summed E-state index contributed by atoms with van der Waals surface area (Å²) in [6.07, 6.45) is 4.33. The summed E-state index contributed by atoms with van der Waals surface area (Å²) in [6, 6.07) is 8.24. The molecule has 3 heterocycles. The van der Waals surface area contributed by atoms with Gasteiger partial charge in [0.2, 0.25) is 0 Å². The maximum absolute atomic E-state index is 5.72. The molecule has 0 aliphatic rings. The molecule has 4 aromatic rings. The third-order valence-corrected chi connectivity index (χ3v) is 5.68. The van der Waals surface area contributed by atoms with Crippen LogP contribution in [-0.2, 0) is 13.5 Å². The fourth-order valence-electron chi connectivity index (χ4n) is 3.76. The molecule has 33 heavy (non-hydrogen) atoms. The van der Waals surface area contributed by atoms with E-state index in [1.807, 2.05) is 45.4 Å². The van der Waals surface area contributed by atoms with Crippen LogP contribution in [0.25, 0.3) is 22.2 Å². The summed E-state index contributed by atoms with van der Waals surface area (Å²) in [7, 11) is 3.71. The lowest BCUT2D eigenvalue weighted by Gasteiger charge is -2.20. The van der Waals surface area contributed by atoms with Gasteiger partial charge in [-0.05, 0) is 31.4 Å². The number of fused-ring (bicyclic) bond motifs is 1. The van der Waals surface area contributed by atoms with Crippen molar-refractivity contribution in [2.45, 2.75) is 41.0 Å².